The van der Waals surface area contributed by atoms with Gasteiger partial charge in [-0.05, 0) is 80.0 Å². The Kier molecular flexibility index (Phi) is 4.11. The maximum Gasteiger partial charge on any atom is 0.231 e. The molecule has 4 saturated carbocycles. The predicted molar refractivity (Wildman–Crippen MR) is 106 cm³/mol. The summed E-state index contributed by atoms with van der Waals surface area (Å²) in [5.41, 5.74) is 2.27. The number of anilines is 1. The largest absolute Gasteiger partial charge is 0.355 e. The van der Waals surface area contributed by atoms with Crippen LogP contribution in [0.1, 0.15) is 60.9 Å². The first-order chi connectivity index (χ1) is 13.4. The molecule has 0 saturated heterocycles. The van der Waals surface area contributed by atoms with Gasteiger partial charge in [-0.1, -0.05) is 0 Å². The van der Waals surface area contributed by atoms with Crippen molar-refractivity contribution >= 4 is 23.3 Å². The third kappa shape index (κ3) is 2.87. The maximum absolute atomic E-state index is 13.0. The molecule has 6 rings (SSSR count). The molecule has 1 aromatic carbocycles. The van der Waals surface area contributed by atoms with Gasteiger partial charge < -0.3 is 10.2 Å². The molecule has 0 aromatic heterocycles. The minimum atomic E-state index is -0.156. The van der Waals surface area contributed by atoms with Crippen molar-refractivity contribution in [3.8, 4) is 0 Å². The number of nitrogens with one attached hydrogen (secondary N) is 1. The van der Waals surface area contributed by atoms with E-state index in [2.05, 4.69) is 5.32 Å². The van der Waals surface area contributed by atoms with Crippen LogP contribution in [0.2, 0.25) is 0 Å². The van der Waals surface area contributed by atoms with Gasteiger partial charge in [-0.3, -0.25) is 14.4 Å². The van der Waals surface area contributed by atoms with Crippen LogP contribution in [0.15, 0.2) is 18.2 Å². The zero-order chi connectivity index (χ0) is 19.5. The van der Waals surface area contributed by atoms with Gasteiger partial charge in [-0.15, -0.1) is 0 Å². The zero-order valence-corrected chi connectivity index (χ0v) is 16.5. The fraction of sp³-hybridized carbons (Fsp3) is 0.609. The van der Waals surface area contributed by atoms with Gasteiger partial charge in [0.25, 0.3) is 0 Å². The van der Waals surface area contributed by atoms with Gasteiger partial charge in [-0.2, -0.15) is 0 Å². The Morgan fingerprint density at radius 1 is 1.11 bits per heavy atom. The summed E-state index contributed by atoms with van der Waals surface area (Å²) in [7, 11) is 1.76. The first-order valence-electron chi connectivity index (χ1n) is 10.6. The molecule has 4 fully saturated rings. The summed E-state index contributed by atoms with van der Waals surface area (Å²) in [5.74, 6) is 2.49. The number of rotatable bonds is 5. The first kappa shape index (κ1) is 17.9. The number of ketones is 1. The summed E-state index contributed by atoms with van der Waals surface area (Å²) in [6.07, 6.45) is 7.76. The number of nitrogens with zero attached hydrogens (tertiary/aromatic N) is 1. The second-order valence-corrected chi connectivity index (χ2v) is 9.60. The van der Waals surface area contributed by atoms with Crippen LogP contribution in [0, 0.1) is 23.2 Å². The molecule has 5 aliphatic rings. The highest BCUT2D eigenvalue weighted by atomic mass is 16.2. The van der Waals surface area contributed by atoms with E-state index >= 15 is 0 Å². The molecule has 148 valence electrons. The van der Waals surface area contributed by atoms with Crippen molar-refractivity contribution in [1.29, 1.82) is 0 Å². The molecule has 1 aromatic rings. The van der Waals surface area contributed by atoms with Crippen molar-refractivity contribution in [2.24, 2.45) is 23.2 Å². The van der Waals surface area contributed by atoms with Crippen LogP contribution < -0.4 is 10.2 Å². The first-order valence-corrected chi connectivity index (χ1v) is 10.6. The number of hydrogen-bond donors (Lipinski definition) is 1. The molecule has 5 heteroatoms. The normalized spacial score (nSPS) is 32.5. The van der Waals surface area contributed by atoms with E-state index in [0.29, 0.717) is 24.9 Å². The molecule has 0 spiro atoms. The topological polar surface area (TPSA) is 66.5 Å². The van der Waals surface area contributed by atoms with E-state index in [1.165, 1.54) is 19.3 Å². The third-order valence-corrected chi connectivity index (χ3v) is 7.64. The van der Waals surface area contributed by atoms with E-state index < -0.39 is 0 Å². The standard InChI is InChI=1S/C23H28N2O3/c1-25-19-3-2-17(9-18(19)10-21(25)27)20(26)4-5-24-22(28)23-11-14-6-15(12-23)8-16(7-14)13-23/h2-3,9,14-16H,4-8,10-13H2,1H3,(H,24,28). The number of Topliss-reactive ketones (excluding diaryl/α,β-unsaturated/α-hetero) is 1. The van der Waals surface area contributed by atoms with Gasteiger partial charge in [0.15, 0.2) is 5.78 Å². The average Bonchev–Trinajstić information content (AvgIpc) is 2.94. The Bertz CT molecular complexity index is 824. The number of benzene rings is 1. The number of carbonyl (C=O) groups excluding carboxylic acids is 3. The number of fused-ring (bicyclic) bond motifs is 1. The second kappa shape index (κ2) is 6.43. The van der Waals surface area contributed by atoms with Gasteiger partial charge in [-0.25, -0.2) is 0 Å². The summed E-state index contributed by atoms with van der Waals surface area (Å²) in [6.45, 7) is 0.398. The Hall–Kier alpha value is -2.17. The van der Waals surface area contributed by atoms with E-state index in [9.17, 15) is 14.4 Å². The lowest BCUT2D eigenvalue weighted by atomic mass is 9.49. The van der Waals surface area contributed by atoms with E-state index in [0.717, 1.165) is 48.3 Å². The van der Waals surface area contributed by atoms with Crippen molar-refractivity contribution in [3.05, 3.63) is 29.3 Å². The van der Waals surface area contributed by atoms with Crippen LogP contribution in [0.3, 0.4) is 0 Å². The van der Waals surface area contributed by atoms with Crippen molar-refractivity contribution in [2.75, 3.05) is 18.5 Å². The van der Waals surface area contributed by atoms with E-state index in [1.54, 1.807) is 18.0 Å². The monoisotopic (exact) mass is 380 g/mol. The smallest absolute Gasteiger partial charge is 0.231 e. The molecule has 1 aliphatic heterocycles. The summed E-state index contributed by atoms with van der Waals surface area (Å²) < 4.78 is 0. The van der Waals surface area contributed by atoms with Crippen LogP contribution in [0.25, 0.3) is 0 Å². The number of carbonyl (C=O) groups is 3. The molecule has 0 unspecified atom stereocenters. The van der Waals surface area contributed by atoms with Crippen LogP contribution >= 0.6 is 0 Å². The Morgan fingerprint density at radius 2 is 1.75 bits per heavy atom. The predicted octanol–water partition coefficient (Wildman–Crippen LogP) is 3.11. The Morgan fingerprint density at radius 3 is 2.39 bits per heavy atom. The molecule has 0 atom stereocenters. The van der Waals surface area contributed by atoms with Crippen molar-refractivity contribution in [1.82, 2.24) is 5.32 Å². The summed E-state index contributed by atoms with van der Waals surface area (Å²) >= 11 is 0. The molecule has 2 amide bonds. The van der Waals surface area contributed by atoms with E-state index in [4.69, 9.17) is 0 Å². The van der Waals surface area contributed by atoms with Crippen molar-refractivity contribution in [3.63, 3.8) is 0 Å². The van der Waals surface area contributed by atoms with Crippen molar-refractivity contribution in [2.45, 2.75) is 51.4 Å². The quantitative estimate of drug-likeness (QED) is 0.798. The Labute approximate surface area is 165 Å². The molecular formula is C23H28N2O3. The van der Waals surface area contributed by atoms with Crippen LogP contribution in [-0.4, -0.2) is 31.2 Å². The van der Waals surface area contributed by atoms with Crippen molar-refractivity contribution < 1.29 is 14.4 Å². The van der Waals surface area contributed by atoms with Gasteiger partial charge in [0.2, 0.25) is 11.8 Å². The highest BCUT2D eigenvalue weighted by Crippen LogP contribution is 2.60. The van der Waals surface area contributed by atoms with Crippen LogP contribution in [0.5, 0.6) is 0 Å². The minimum absolute atomic E-state index is 0.0237. The van der Waals surface area contributed by atoms with Gasteiger partial charge in [0.05, 0.1) is 6.42 Å². The fourth-order valence-electron chi connectivity index (χ4n) is 6.65. The molecule has 5 nitrogen and oxygen atoms in total. The zero-order valence-electron chi connectivity index (χ0n) is 16.5. The maximum atomic E-state index is 13.0. The summed E-state index contributed by atoms with van der Waals surface area (Å²) in [4.78, 5) is 39.0. The number of likely N-dealkylation sites (N-methyl/N-ethyl adjacent to an activating group) is 1. The molecule has 4 bridgehead atoms. The van der Waals surface area contributed by atoms with E-state index in [-0.39, 0.29) is 23.0 Å². The highest BCUT2D eigenvalue weighted by Gasteiger charge is 2.54. The third-order valence-electron chi connectivity index (χ3n) is 7.64. The lowest BCUT2D eigenvalue weighted by Gasteiger charge is -2.55. The van der Waals surface area contributed by atoms with E-state index in [1.807, 2.05) is 12.1 Å². The highest BCUT2D eigenvalue weighted by molar-refractivity contribution is 6.03. The lowest BCUT2D eigenvalue weighted by Crippen LogP contribution is -2.53. The molecule has 0 radical (unpaired) electrons. The van der Waals surface area contributed by atoms with Crippen LogP contribution in [0.4, 0.5) is 5.69 Å². The number of amides is 2. The molecule has 4 aliphatic carbocycles. The average molecular weight is 380 g/mol. The molecular weight excluding hydrogens is 352 g/mol. The fourth-order valence-corrected chi connectivity index (χ4v) is 6.65. The molecule has 1 heterocycles. The SMILES string of the molecule is CN1C(=O)Cc2cc(C(=O)CCNC(=O)C34CC5CC(CC(C5)C3)C4)ccc21. The minimum Gasteiger partial charge on any atom is -0.355 e. The number of hydrogen-bond acceptors (Lipinski definition) is 3. The van der Waals surface area contributed by atoms with Gasteiger partial charge in [0.1, 0.15) is 0 Å². The summed E-state index contributed by atoms with van der Waals surface area (Å²) in [5, 5.41) is 3.08. The van der Waals surface area contributed by atoms with Gasteiger partial charge in [0, 0.05) is 36.7 Å². The Balaban J connectivity index is 1.19. The molecule has 28 heavy (non-hydrogen) atoms. The molecule has 1 N–H and O–H groups in total. The second-order valence-electron chi connectivity index (χ2n) is 9.60. The summed E-state index contributed by atoms with van der Waals surface area (Å²) in [6, 6.07) is 5.47. The lowest BCUT2D eigenvalue weighted by molar-refractivity contribution is -0.146. The van der Waals surface area contributed by atoms with Gasteiger partial charge >= 0.3 is 0 Å². The van der Waals surface area contributed by atoms with Crippen LogP contribution in [-0.2, 0) is 16.0 Å².